The first kappa shape index (κ1) is 26.6. The summed E-state index contributed by atoms with van der Waals surface area (Å²) < 4.78 is 16.0. The maximum absolute atomic E-state index is 14.4. The van der Waals surface area contributed by atoms with Crippen molar-refractivity contribution in [3.05, 3.63) is 82.6 Å². The largest absolute Gasteiger partial charge is 0.345 e. The number of nitrogens with zero attached hydrogens (tertiary/aromatic N) is 4. The highest BCUT2D eigenvalue weighted by Gasteiger charge is 2.23. The van der Waals surface area contributed by atoms with Gasteiger partial charge in [-0.2, -0.15) is 0 Å². The van der Waals surface area contributed by atoms with Crippen molar-refractivity contribution in [1.82, 2.24) is 30.7 Å². The second-order valence-corrected chi connectivity index (χ2v) is 9.45. The van der Waals surface area contributed by atoms with Gasteiger partial charge in [-0.1, -0.05) is 43.2 Å². The monoisotopic (exact) mass is 525 g/mol. The Bertz CT molecular complexity index is 1300. The van der Waals surface area contributed by atoms with Crippen LogP contribution in [0.5, 0.6) is 0 Å². The molecule has 3 N–H and O–H groups in total. The number of hydrazine groups is 2. The Balaban J connectivity index is 1.37. The molecular weight excluding hydrogens is 493 g/mol. The van der Waals surface area contributed by atoms with Crippen LogP contribution in [0.1, 0.15) is 52.1 Å². The minimum Gasteiger partial charge on any atom is -0.345 e. The molecule has 0 spiro atoms. The third kappa shape index (κ3) is 6.67. The molecule has 0 unspecified atom stereocenters. The number of nitrogens with one attached hydrogen (secondary N) is 3. The molecule has 196 valence electrons. The van der Waals surface area contributed by atoms with E-state index in [2.05, 4.69) is 53.3 Å². The number of fused-ring (bicyclic) bond motifs is 1. The second-order valence-electron chi connectivity index (χ2n) is 9.04. The number of carbonyl (C=O) groups excluding carboxylic acids is 1. The van der Waals surface area contributed by atoms with Crippen LogP contribution < -0.4 is 16.3 Å². The summed E-state index contributed by atoms with van der Waals surface area (Å²) in [5.41, 5.74) is 10.1. The van der Waals surface area contributed by atoms with Crippen molar-refractivity contribution in [3.8, 4) is 0 Å². The number of amides is 1. The zero-order chi connectivity index (χ0) is 26.4. The first-order chi connectivity index (χ1) is 17.9. The van der Waals surface area contributed by atoms with Gasteiger partial charge in [0.2, 0.25) is 0 Å². The molecule has 8 nitrogen and oxygen atoms in total. The van der Waals surface area contributed by atoms with Crippen LogP contribution in [0.25, 0.3) is 5.52 Å². The van der Waals surface area contributed by atoms with Gasteiger partial charge in [0.1, 0.15) is 11.2 Å². The molecule has 1 amide bonds. The zero-order valence-electron chi connectivity index (χ0n) is 21.4. The van der Waals surface area contributed by atoms with Crippen molar-refractivity contribution in [3.63, 3.8) is 0 Å². The van der Waals surface area contributed by atoms with E-state index in [0.29, 0.717) is 23.9 Å². The minimum absolute atomic E-state index is 0.00537. The Labute approximate surface area is 221 Å². The molecule has 4 rings (SSSR count). The van der Waals surface area contributed by atoms with Gasteiger partial charge in [-0.3, -0.25) is 20.2 Å². The van der Waals surface area contributed by atoms with Crippen molar-refractivity contribution in [1.29, 1.82) is 0 Å². The molecule has 2 aliphatic rings. The number of imidazole rings is 1. The summed E-state index contributed by atoms with van der Waals surface area (Å²) in [6.07, 6.45) is 17.7. The molecule has 37 heavy (non-hydrogen) atoms. The van der Waals surface area contributed by atoms with Gasteiger partial charge in [-0.15, -0.1) is 5.53 Å². The van der Waals surface area contributed by atoms with Crippen molar-refractivity contribution < 1.29 is 9.18 Å². The second kappa shape index (κ2) is 12.2. The fourth-order valence-corrected chi connectivity index (χ4v) is 4.23. The van der Waals surface area contributed by atoms with Gasteiger partial charge in [0.05, 0.1) is 35.8 Å². The molecule has 1 fully saturated rings. The van der Waals surface area contributed by atoms with Gasteiger partial charge < -0.3 is 9.72 Å². The molecule has 1 aliphatic carbocycles. The van der Waals surface area contributed by atoms with Gasteiger partial charge >= 0.3 is 0 Å². The van der Waals surface area contributed by atoms with Crippen molar-refractivity contribution in [2.45, 2.75) is 53.0 Å². The van der Waals surface area contributed by atoms with Gasteiger partial charge in [-0.25, -0.2) is 9.37 Å². The molecule has 2 aromatic heterocycles. The Morgan fingerprint density at radius 1 is 1.32 bits per heavy atom. The summed E-state index contributed by atoms with van der Waals surface area (Å²) in [6, 6.07) is 1.46. The van der Waals surface area contributed by atoms with Crippen LogP contribution in [0.15, 0.2) is 71.1 Å². The maximum Gasteiger partial charge on any atom is 0.270 e. The van der Waals surface area contributed by atoms with Crippen LogP contribution in [0.3, 0.4) is 0 Å². The number of allylic oxidation sites excluding steroid dienone is 5. The van der Waals surface area contributed by atoms with Crippen molar-refractivity contribution in [2.24, 2.45) is 10.9 Å². The molecule has 0 aromatic carbocycles. The Hall–Kier alpha value is -3.43. The lowest BCUT2D eigenvalue weighted by atomic mass is 10.1. The third-order valence-corrected chi connectivity index (χ3v) is 6.55. The lowest BCUT2D eigenvalue weighted by molar-refractivity contribution is -0.118. The Kier molecular flexibility index (Phi) is 8.78. The average molecular weight is 526 g/mol. The summed E-state index contributed by atoms with van der Waals surface area (Å²) in [6.45, 7) is 6.71. The number of hydrogen-bond acceptors (Lipinski definition) is 6. The number of pyridine rings is 1. The van der Waals surface area contributed by atoms with E-state index in [9.17, 15) is 9.18 Å². The predicted octanol–water partition coefficient (Wildman–Crippen LogP) is 4.97. The highest BCUT2D eigenvalue weighted by molar-refractivity contribution is 6.31. The van der Waals surface area contributed by atoms with Gasteiger partial charge in [0.15, 0.2) is 5.82 Å². The maximum atomic E-state index is 14.4. The molecule has 2 aromatic rings. The fourth-order valence-electron chi connectivity index (χ4n) is 4.09. The number of aliphatic imine (C=N–C) groups is 1. The van der Waals surface area contributed by atoms with Gasteiger partial charge in [0.25, 0.3) is 5.91 Å². The Morgan fingerprint density at radius 3 is 2.84 bits per heavy atom. The molecule has 0 atom stereocenters. The number of hydrogen-bond donors (Lipinski definition) is 3. The van der Waals surface area contributed by atoms with Crippen LogP contribution >= 0.6 is 11.6 Å². The summed E-state index contributed by atoms with van der Waals surface area (Å²) >= 11 is 5.90. The summed E-state index contributed by atoms with van der Waals surface area (Å²) in [7, 11) is 0. The van der Waals surface area contributed by atoms with E-state index in [1.54, 1.807) is 17.4 Å². The first-order valence-electron chi connectivity index (χ1n) is 12.6. The average Bonchev–Trinajstić information content (AvgIpc) is 3.48. The summed E-state index contributed by atoms with van der Waals surface area (Å²) in [4.78, 5) is 21.8. The zero-order valence-corrected chi connectivity index (χ0v) is 22.1. The predicted molar refractivity (Wildman–Crippen MR) is 145 cm³/mol. The van der Waals surface area contributed by atoms with Crippen molar-refractivity contribution >= 4 is 28.7 Å². The minimum atomic E-state index is -0.567. The normalized spacial score (nSPS) is 17.1. The van der Waals surface area contributed by atoms with E-state index in [4.69, 9.17) is 16.6 Å². The molecule has 10 heteroatoms. The number of rotatable bonds is 11. The number of halogens is 2. The molecule has 0 bridgehead atoms. The summed E-state index contributed by atoms with van der Waals surface area (Å²) in [5, 5.41) is 4.53. The highest BCUT2D eigenvalue weighted by atomic mass is 35.5. The van der Waals surface area contributed by atoms with E-state index >= 15 is 0 Å². The van der Waals surface area contributed by atoms with E-state index < -0.39 is 5.82 Å². The fraction of sp³-hybridized carbons (Fsp3) is 0.370. The molecule has 1 saturated carbocycles. The van der Waals surface area contributed by atoms with Crippen LogP contribution in [0, 0.1) is 11.7 Å². The van der Waals surface area contributed by atoms with Gasteiger partial charge in [0, 0.05) is 18.1 Å². The van der Waals surface area contributed by atoms with Crippen LogP contribution in [0.4, 0.5) is 4.39 Å². The first-order valence-corrected chi connectivity index (χ1v) is 13.0. The molecule has 1 aliphatic heterocycles. The molecular formula is C27H33ClFN7O. The smallest absolute Gasteiger partial charge is 0.270 e. The van der Waals surface area contributed by atoms with Crippen molar-refractivity contribution in [2.75, 3.05) is 6.54 Å². The van der Waals surface area contributed by atoms with Crippen LogP contribution in [0.2, 0.25) is 5.02 Å². The van der Waals surface area contributed by atoms with Crippen LogP contribution in [-0.4, -0.2) is 32.6 Å². The lowest BCUT2D eigenvalue weighted by Crippen LogP contribution is -2.39. The Morgan fingerprint density at radius 2 is 2.14 bits per heavy atom. The van der Waals surface area contributed by atoms with E-state index in [0.717, 1.165) is 24.3 Å². The molecule has 0 radical (unpaired) electrons. The van der Waals surface area contributed by atoms with E-state index in [1.165, 1.54) is 35.2 Å². The number of carbonyl (C=O) groups is 1. The number of aromatic nitrogens is 2. The SMILES string of the molecule is C\C=C(CN1C=C(C(=O)NCc2ncn3ccc(Cl)c(F)c23)NN1)/N=C(/C=C\C(=C/C)C1CC1)CCC. The molecule has 3 heterocycles. The van der Waals surface area contributed by atoms with E-state index in [-0.39, 0.29) is 23.0 Å². The molecule has 0 saturated heterocycles. The lowest BCUT2D eigenvalue weighted by Gasteiger charge is -2.15. The summed E-state index contributed by atoms with van der Waals surface area (Å²) in [5.74, 6) is -0.218. The topological polar surface area (TPSA) is 86.1 Å². The van der Waals surface area contributed by atoms with Gasteiger partial charge in [-0.05, 0) is 56.7 Å². The third-order valence-electron chi connectivity index (χ3n) is 6.26. The van der Waals surface area contributed by atoms with Crippen LogP contribution in [-0.2, 0) is 11.3 Å². The highest BCUT2D eigenvalue weighted by Crippen LogP contribution is 2.37. The quantitative estimate of drug-likeness (QED) is 0.285. The van der Waals surface area contributed by atoms with E-state index in [1.807, 2.05) is 13.0 Å². The standard InChI is InChI=1S/C27H33ClFN7O/c1-4-7-21(11-10-18(5-2)19-8-9-19)32-20(6-3)15-36-16-24(33-34-36)27(37)30-14-23-26-25(29)22(28)12-13-35(26)17-31-23/h5-6,10-13,16-17,19,33-34H,4,7-9,14-15H2,1-3H3,(H,30,37)/b11-10-,18-5+,20-6-,32-21+.